The van der Waals surface area contributed by atoms with Gasteiger partial charge >= 0.3 is 0 Å². The second-order valence-electron chi connectivity index (χ2n) is 7.07. The monoisotopic (exact) mass is 421 g/mol. The van der Waals surface area contributed by atoms with E-state index in [4.69, 9.17) is 14.1 Å². The molecule has 0 aliphatic heterocycles. The Morgan fingerprint density at radius 3 is 2.60 bits per heavy atom. The Bertz CT molecular complexity index is 1220. The van der Waals surface area contributed by atoms with E-state index < -0.39 is 0 Å². The molecule has 0 bridgehead atoms. The Morgan fingerprint density at radius 2 is 1.83 bits per heavy atom. The molecule has 1 unspecified atom stereocenters. The molecule has 2 aromatic carbocycles. The van der Waals surface area contributed by atoms with E-state index in [1.54, 1.807) is 11.7 Å². The molecule has 0 amide bonds. The first-order valence-electron chi connectivity index (χ1n) is 9.73. The second-order valence-corrected chi connectivity index (χ2v) is 8.01. The largest absolute Gasteiger partial charge is 0.441 e. The maximum atomic E-state index is 13.2. The van der Waals surface area contributed by atoms with Gasteiger partial charge in [0.05, 0.1) is 29.2 Å². The van der Waals surface area contributed by atoms with Gasteiger partial charge in [-0.1, -0.05) is 42.1 Å². The van der Waals surface area contributed by atoms with Crippen molar-refractivity contribution in [2.75, 3.05) is 13.7 Å². The van der Waals surface area contributed by atoms with Gasteiger partial charge in [-0.3, -0.25) is 9.36 Å². The summed E-state index contributed by atoms with van der Waals surface area (Å²) >= 11 is 1.48. The molecule has 2 aromatic heterocycles. The molecule has 0 saturated carbocycles. The standard InChI is InChI=1S/C23H23N3O3S/c1-15(13-28-3)26-22(27)18-11-7-8-12-19(18)25-23(26)30-14-20-16(2)29-21(24-20)17-9-5-4-6-10-17/h4-12,15H,13-14H2,1-3H3. The summed E-state index contributed by atoms with van der Waals surface area (Å²) in [5.74, 6) is 1.91. The molecule has 7 heteroatoms. The molecule has 6 nitrogen and oxygen atoms in total. The van der Waals surface area contributed by atoms with Crippen LogP contribution in [0.4, 0.5) is 0 Å². The highest BCUT2D eigenvalue weighted by atomic mass is 32.2. The van der Waals surface area contributed by atoms with Crippen LogP contribution in [0.1, 0.15) is 24.4 Å². The van der Waals surface area contributed by atoms with Gasteiger partial charge in [0.2, 0.25) is 5.89 Å². The number of hydrogen-bond donors (Lipinski definition) is 0. The fourth-order valence-corrected chi connectivity index (χ4v) is 4.43. The lowest BCUT2D eigenvalue weighted by atomic mass is 10.2. The lowest BCUT2D eigenvalue weighted by Gasteiger charge is -2.18. The number of rotatable bonds is 7. The number of para-hydroxylation sites is 1. The number of fused-ring (bicyclic) bond motifs is 1. The van der Waals surface area contributed by atoms with Crippen LogP contribution < -0.4 is 5.56 Å². The van der Waals surface area contributed by atoms with Crippen LogP contribution in [0.25, 0.3) is 22.4 Å². The molecular formula is C23H23N3O3S. The molecule has 0 N–H and O–H groups in total. The fourth-order valence-electron chi connectivity index (χ4n) is 3.33. The predicted octanol–water partition coefficient (Wildman–Crippen LogP) is 4.86. The number of aromatic nitrogens is 3. The minimum absolute atomic E-state index is 0.0606. The highest BCUT2D eigenvalue weighted by molar-refractivity contribution is 7.98. The Balaban J connectivity index is 1.68. The van der Waals surface area contributed by atoms with E-state index in [0.717, 1.165) is 17.0 Å². The van der Waals surface area contributed by atoms with Crippen molar-refractivity contribution in [3.63, 3.8) is 0 Å². The number of oxazole rings is 1. The number of benzene rings is 2. The molecule has 0 aliphatic carbocycles. The molecule has 0 radical (unpaired) electrons. The van der Waals surface area contributed by atoms with Crippen LogP contribution in [0.2, 0.25) is 0 Å². The molecule has 2 heterocycles. The van der Waals surface area contributed by atoms with Crippen LogP contribution in [-0.2, 0) is 10.5 Å². The molecule has 0 saturated heterocycles. The molecule has 1 atom stereocenters. The van der Waals surface area contributed by atoms with Crippen molar-refractivity contribution in [1.29, 1.82) is 0 Å². The first-order valence-corrected chi connectivity index (χ1v) is 10.7. The van der Waals surface area contributed by atoms with E-state index in [9.17, 15) is 4.79 Å². The maximum Gasteiger partial charge on any atom is 0.262 e. The highest BCUT2D eigenvalue weighted by Crippen LogP contribution is 2.28. The van der Waals surface area contributed by atoms with Crippen LogP contribution >= 0.6 is 11.8 Å². The first-order chi connectivity index (χ1) is 14.6. The third kappa shape index (κ3) is 4.04. The number of nitrogens with zero attached hydrogens (tertiary/aromatic N) is 3. The lowest BCUT2D eigenvalue weighted by Crippen LogP contribution is -2.28. The van der Waals surface area contributed by atoms with Gasteiger partial charge in [0.15, 0.2) is 5.16 Å². The third-order valence-electron chi connectivity index (χ3n) is 4.88. The normalized spacial score (nSPS) is 12.4. The average molecular weight is 422 g/mol. The van der Waals surface area contributed by atoms with Crippen LogP contribution in [0.3, 0.4) is 0 Å². The van der Waals surface area contributed by atoms with Crippen LogP contribution in [0.15, 0.2) is 69.0 Å². The summed E-state index contributed by atoms with van der Waals surface area (Å²) in [7, 11) is 1.63. The van der Waals surface area contributed by atoms with Crippen molar-refractivity contribution in [3.8, 4) is 11.5 Å². The lowest BCUT2D eigenvalue weighted by molar-refractivity contribution is 0.156. The van der Waals surface area contributed by atoms with E-state index in [1.807, 2.05) is 68.4 Å². The molecule has 4 aromatic rings. The number of thioether (sulfide) groups is 1. The number of aryl methyl sites for hydroxylation is 1. The number of methoxy groups -OCH3 is 1. The summed E-state index contributed by atoms with van der Waals surface area (Å²) in [6.45, 7) is 4.29. The van der Waals surface area contributed by atoms with Gasteiger partial charge in [-0.25, -0.2) is 9.97 Å². The molecule has 0 fully saturated rings. The summed E-state index contributed by atoms with van der Waals surface area (Å²) < 4.78 is 12.9. The van der Waals surface area contributed by atoms with Gasteiger partial charge in [0, 0.05) is 18.4 Å². The number of hydrogen-bond acceptors (Lipinski definition) is 6. The van der Waals surface area contributed by atoms with Crippen molar-refractivity contribution in [2.24, 2.45) is 0 Å². The van der Waals surface area contributed by atoms with Crippen LogP contribution in [0.5, 0.6) is 0 Å². The Hall–Kier alpha value is -2.90. The van der Waals surface area contributed by atoms with Crippen molar-refractivity contribution in [1.82, 2.24) is 14.5 Å². The fraction of sp³-hybridized carbons (Fsp3) is 0.261. The quantitative estimate of drug-likeness (QED) is 0.314. The zero-order chi connectivity index (χ0) is 21.1. The van der Waals surface area contributed by atoms with Crippen LogP contribution in [0, 0.1) is 6.92 Å². The zero-order valence-electron chi connectivity index (χ0n) is 17.2. The van der Waals surface area contributed by atoms with E-state index in [0.29, 0.717) is 34.3 Å². The zero-order valence-corrected chi connectivity index (χ0v) is 18.0. The van der Waals surface area contributed by atoms with Gasteiger partial charge in [0.1, 0.15) is 5.76 Å². The molecule has 154 valence electrons. The van der Waals surface area contributed by atoms with Gasteiger partial charge in [-0.15, -0.1) is 0 Å². The molecule has 0 aliphatic rings. The molecule has 4 rings (SSSR count). The van der Waals surface area contributed by atoms with E-state index in [2.05, 4.69) is 4.98 Å². The van der Waals surface area contributed by atoms with Crippen molar-refractivity contribution >= 4 is 22.7 Å². The SMILES string of the molecule is COCC(C)n1c(SCc2nc(-c3ccccc3)oc2C)nc2ccccc2c1=O. The predicted molar refractivity (Wildman–Crippen MR) is 119 cm³/mol. The highest BCUT2D eigenvalue weighted by Gasteiger charge is 2.18. The maximum absolute atomic E-state index is 13.2. The van der Waals surface area contributed by atoms with Gasteiger partial charge in [-0.05, 0) is 38.1 Å². The van der Waals surface area contributed by atoms with Crippen molar-refractivity contribution in [3.05, 3.63) is 76.4 Å². The Labute approximate surface area is 178 Å². The third-order valence-corrected chi connectivity index (χ3v) is 5.84. The molecule has 30 heavy (non-hydrogen) atoms. The summed E-state index contributed by atoms with van der Waals surface area (Å²) in [4.78, 5) is 22.6. The van der Waals surface area contributed by atoms with Gasteiger partial charge < -0.3 is 9.15 Å². The van der Waals surface area contributed by atoms with E-state index >= 15 is 0 Å². The van der Waals surface area contributed by atoms with Crippen LogP contribution in [-0.4, -0.2) is 28.3 Å². The average Bonchev–Trinajstić information content (AvgIpc) is 3.13. The Morgan fingerprint density at radius 1 is 1.10 bits per heavy atom. The smallest absolute Gasteiger partial charge is 0.262 e. The number of ether oxygens (including phenoxy) is 1. The minimum atomic E-state index is -0.139. The minimum Gasteiger partial charge on any atom is -0.441 e. The summed E-state index contributed by atoms with van der Waals surface area (Å²) in [6.07, 6.45) is 0. The van der Waals surface area contributed by atoms with Crippen molar-refractivity contribution in [2.45, 2.75) is 30.8 Å². The van der Waals surface area contributed by atoms with Gasteiger partial charge in [0.25, 0.3) is 5.56 Å². The summed E-state index contributed by atoms with van der Waals surface area (Å²) in [6, 6.07) is 17.1. The van der Waals surface area contributed by atoms with Crippen molar-refractivity contribution < 1.29 is 9.15 Å². The molecule has 0 spiro atoms. The molecular weight excluding hydrogens is 398 g/mol. The second kappa shape index (κ2) is 8.85. The van der Waals surface area contributed by atoms with E-state index in [-0.39, 0.29) is 11.6 Å². The summed E-state index contributed by atoms with van der Waals surface area (Å²) in [5, 5.41) is 1.25. The topological polar surface area (TPSA) is 70.2 Å². The Kier molecular flexibility index (Phi) is 6.01. The van der Waals surface area contributed by atoms with Gasteiger partial charge in [-0.2, -0.15) is 0 Å². The summed E-state index contributed by atoms with van der Waals surface area (Å²) in [5.41, 5.74) is 2.40. The first kappa shape index (κ1) is 20.4. The van der Waals surface area contributed by atoms with E-state index in [1.165, 1.54) is 11.8 Å².